The zero-order valence-electron chi connectivity index (χ0n) is 19.5. The smallest absolute Gasteiger partial charge is 0.323 e. The Kier molecular flexibility index (Phi) is 7.43. The summed E-state index contributed by atoms with van der Waals surface area (Å²) in [5, 5.41) is 17.6. The molecule has 0 saturated heterocycles. The van der Waals surface area contributed by atoms with Crippen LogP contribution in [0.15, 0.2) is 48.7 Å². The van der Waals surface area contributed by atoms with Gasteiger partial charge in [-0.3, -0.25) is 10.4 Å². The highest BCUT2D eigenvalue weighted by Gasteiger charge is 2.33. The first-order chi connectivity index (χ1) is 17.6. The fourth-order valence-electron chi connectivity index (χ4n) is 3.20. The number of carbonyl (C=O) groups excluding carboxylic acids is 1. The Labute approximate surface area is 214 Å². The minimum atomic E-state index is -4.65. The van der Waals surface area contributed by atoms with Crippen molar-refractivity contribution in [2.75, 3.05) is 21.3 Å². The second-order valence-electron chi connectivity index (χ2n) is 7.80. The Hall–Kier alpha value is -4.39. The molecule has 192 valence electrons. The van der Waals surface area contributed by atoms with Gasteiger partial charge in [0.05, 0.1) is 22.5 Å². The van der Waals surface area contributed by atoms with Crippen molar-refractivity contribution >= 4 is 52.4 Å². The first-order valence-corrected chi connectivity index (χ1v) is 11.3. The van der Waals surface area contributed by atoms with Crippen LogP contribution < -0.4 is 21.3 Å². The highest BCUT2D eigenvalue weighted by molar-refractivity contribution is 6.31. The minimum Gasteiger partial charge on any atom is -0.323 e. The summed E-state index contributed by atoms with van der Waals surface area (Å²) in [5.74, 6) is 1.66. The van der Waals surface area contributed by atoms with Crippen LogP contribution in [0.1, 0.15) is 23.9 Å². The second-order valence-corrected chi connectivity index (χ2v) is 8.21. The first kappa shape index (κ1) is 25.7. The third kappa shape index (κ3) is 6.85. The van der Waals surface area contributed by atoms with E-state index in [9.17, 15) is 18.0 Å². The van der Waals surface area contributed by atoms with Crippen LogP contribution in [0.5, 0.6) is 0 Å². The lowest BCUT2D eigenvalue weighted by Crippen LogP contribution is -2.20. The zero-order chi connectivity index (χ0) is 26.6. The van der Waals surface area contributed by atoms with Crippen molar-refractivity contribution in [1.82, 2.24) is 25.1 Å². The number of H-pyrrole nitrogens is 1. The first-order valence-electron chi connectivity index (χ1n) is 10.9. The number of nitrogens with one attached hydrogen (secondary N) is 5. The Balaban J connectivity index is 1.38. The third-order valence-electron chi connectivity index (χ3n) is 4.91. The normalized spacial score (nSPS) is 11.2. The van der Waals surface area contributed by atoms with Gasteiger partial charge in [-0.15, -0.1) is 0 Å². The highest BCUT2D eigenvalue weighted by Crippen LogP contribution is 2.36. The molecule has 0 aliphatic heterocycles. The van der Waals surface area contributed by atoms with Crippen molar-refractivity contribution in [1.29, 1.82) is 0 Å². The summed E-state index contributed by atoms with van der Waals surface area (Å²) < 4.78 is 39.1. The number of aromatic amines is 1. The molecular formula is C23H21ClF3N9O. The summed E-state index contributed by atoms with van der Waals surface area (Å²) in [5.41, 5.74) is 1.12. The molecule has 0 bridgehead atoms. The lowest BCUT2D eigenvalue weighted by Gasteiger charge is -2.12. The molecule has 2 amide bonds. The predicted octanol–water partition coefficient (Wildman–Crippen LogP) is 6.27. The van der Waals surface area contributed by atoms with Crippen LogP contribution >= 0.6 is 11.6 Å². The predicted molar refractivity (Wildman–Crippen MR) is 135 cm³/mol. The SMILES string of the molecule is CCc1cc(Nc2cc(C)nc(Nc3ccc(NC(=O)Nc4ccc(Cl)c(C(F)(F)F)c4)nc3)n2)n[nH]1. The number of carbonyl (C=O) groups is 1. The van der Waals surface area contributed by atoms with Crippen LogP contribution in [-0.2, 0) is 12.6 Å². The molecule has 0 unspecified atom stereocenters. The number of aromatic nitrogens is 5. The van der Waals surface area contributed by atoms with Gasteiger partial charge in [-0.05, 0) is 43.7 Å². The topological polar surface area (TPSA) is 133 Å². The number of hydrogen-bond acceptors (Lipinski definition) is 7. The maximum atomic E-state index is 13.0. The van der Waals surface area contributed by atoms with E-state index in [0.29, 0.717) is 29.0 Å². The number of aryl methyl sites for hydroxylation is 2. The van der Waals surface area contributed by atoms with Crippen molar-refractivity contribution in [3.8, 4) is 0 Å². The fourth-order valence-corrected chi connectivity index (χ4v) is 3.42. The van der Waals surface area contributed by atoms with Crippen LogP contribution in [0.25, 0.3) is 0 Å². The molecule has 4 aromatic rings. The highest BCUT2D eigenvalue weighted by atomic mass is 35.5. The van der Waals surface area contributed by atoms with Gasteiger partial charge in [-0.25, -0.2) is 14.8 Å². The number of urea groups is 1. The van der Waals surface area contributed by atoms with Gasteiger partial charge in [0.1, 0.15) is 11.6 Å². The fraction of sp³-hybridized carbons (Fsp3) is 0.174. The summed E-state index contributed by atoms with van der Waals surface area (Å²) in [6.07, 6.45) is -2.38. The molecule has 0 atom stereocenters. The van der Waals surface area contributed by atoms with Gasteiger partial charge in [-0.1, -0.05) is 18.5 Å². The summed E-state index contributed by atoms with van der Waals surface area (Å²) in [6, 6.07) is 9.10. The van der Waals surface area contributed by atoms with Gasteiger partial charge in [-0.2, -0.15) is 23.3 Å². The number of alkyl halides is 3. The molecule has 4 rings (SSSR count). The van der Waals surface area contributed by atoms with E-state index in [4.69, 9.17) is 11.6 Å². The molecular weight excluding hydrogens is 511 g/mol. The van der Waals surface area contributed by atoms with Gasteiger partial charge < -0.3 is 16.0 Å². The number of benzene rings is 1. The number of amides is 2. The van der Waals surface area contributed by atoms with Crippen molar-refractivity contribution in [2.24, 2.45) is 0 Å². The van der Waals surface area contributed by atoms with Crippen LogP contribution in [0.4, 0.5) is 52.7 Å². The lowest BCUT2D eigenvalue weighted by atomic mass is 10.2. The molecule has 0 saturated carbocycles. The third-order valence-corrected chi connectivity index (χ3v) is 5.24. The molecule has 0 aliphatic carbocycles. The van der Waals surface area contributed by atoms with Crippen molar-refractivity contribution in [2.45, 2.75) is 26.4 Å². The van der Waals surface area contributed by atoms with E-state index in [-0.39, 0.29) is 11.5 Å². The lowest BCUT2D eigenvalue weighted by molar-refractivity contribution is -0.137. The van der Waals surface area contributed by atoms with E-state index >= 15 is 0 Å². The maximum absolute atomic E-state index is 13.0. The van der Waals surface area contributed by atoms with Gasteiger partial charge in [0.15, 0.2) is 5.82 Å². The summed E-state index contributed by atoms with van der Waals surface area (Å²) >= 11 is 5.60. The molecule has 3 heterocycles. The van der Waals surface area contributed by atoms with E-state index in [1.807, 2.05) is 19.9 Å². The molecule has 0 spiro atoms. The number of hydrogen-bond donors (Lipinski definition) is 5. The van der Waals surface area contributed by atoms with Gasteiger partial charge in [0.25, 0.3) is 0 Å². The van der Waals surface area contributed by atoms with Crippen LogP contribution in [0, 0.1) is 6.92 Å². The van der Waals surface area contributed by atoms with Crippen LogP contribution in [0.3, 0.4) is 0 Å². The minimum absolute atomic E-state index is 0.0747. The van der Waals surface area contributed by atoms with Crippen LogP contribution in [0.2, 0.25) is 5.02 Å². The summed E-state index contributed by atoms with van der Waals surface area (Å²) in [4.78, 5) is 25.1. The summed E-state index contributed by atoms with van der Waals surface area (Å²) in [6.45, 7) is 3.84. The molecule has 1 aromatic carbocycles. The van der Waals surface area contributed by atoms with Crippen molar-refractivity contribution in [3.63, 3.8) is 0 Å². The average molecular weight is 532 g/mol. The van der Waals surface area contributed by atoms with Gasteiger partial charge >= 0.3 is 12.2 Å². The monoisotopic (exact) mass is 531 g/mol. The molecule has 0 fully saturated rings. The zero-order valence-corrected chi connectivity index (χ0v) is 20.3. The molecule has 14 heteroatoms. The van der Waals surface area contributed by atoms with E-state index in [0.717, 1.165) is 24.2 Å². The Bertz CT molecular complexity index is 1410. The van der Waals surface area contributed by atoms with Crippen molar-refractivity contribution < 1.29 is 18.0 Å². The second kappa shape index (κ2) is 10.7. The van der Waals surface area contributed by atoms with Gasteiger partial charge in [0.2, 0.25) is 5.95 Å². The standard InChI is InChI=1S/C23H21ClF3N9O/c1-3-13-10-20(36-35-13)32-19-8-12(2)29-21(33-19)30-15-5-7-18(28-11-15)34-22(37)31-14-4-6-17(24)16(9-14)23(25,26)27/h4-11H,3H2,1-2H3,(H2,28,31,34,37)(H3,29,30,32,33,35,36). The maximum Gasteiger partial charge on any atom is 0.417 e. The van der Waals surface area contributed by atoms with E-state index in [1.54, 1.807) is 12.1 Å². The number of rotatable bonds is 7. The molecule has 10 nitrogen and oxygen atoms in total. The molecule has 37 heavy (non-hydrogen) atoms. The Morgan fingerprint density at radius 2 is 1.76 bits per heavy atom. The van der Waals surface area contributed by atoms with Gasteiger partial charge in [0, 0.05) is 29.2 Å². The molecule has 0 aliphatic rings. The van der Waals surface area contributed by atoms with Crippen LogP contribution in [-0.4, -0.2) is 31.2 Å². The number of halogens is 4. The van der Waals surface area contributed by atoms with E-state index in [2.05, 4.69) is 46.4 Å². The Morgan fingerprint density at radius 1 is 0.973 bits per heavy atom. The number of pyridine rings is 1. The largest absolute Gasteiger partial charge is 0.417 e. The molecule has 0 radical (unpaired) electrons. The molecule has 5 N–H and O–H groups in total. The van der Waals surface area contributed by atoms with E-state index < -0.39 is 22.8 Å². The number of anilines is 6. The number of nitrogens with zero attached hydrogens (tertiary/aromatic N) is 4. The summed E-state index contributed by atoms with van der Waals surface area (Å²) in [7, 11) is 0. The quantitative estimate of drug-likeness (QED) is 0.190. The average Bonchev–Trinajstić information content (AvgIpc) is 3.28. The molecule has 3 aromatic heterocycles. The van der Waals surface area contributed by atoms with Crippen molar-refractivity contribution in [3.05, 3.63) is 70.6 Å². The Morgan fingerprint density at radius 3 is 2.43 bits per heavy atom. The van der Waals surface area contributed by atoms with E-state index in [1.165, 1.54) is 18.3 Å².